The Morgan fingerprint density at radius 1 is 0.900 bits per heavy atom. The van der Waals surface area contributed by atoms with Crippen LogP contribution in [0.15, 0.2) is 42.5 Å². The fourth-order valence-electron chi connectivity index (χ4n) is 5.48. The van der Waals surface area contributed by atoms with Gasteiger partial charge in [-0.2, -0.15) is 0 Å². The molecule has 3 saturated carbocycles. The van der Waals surface area contributed by atoms with E-state index in [1.807, 2.05) is 0 Å². The van der Waals surface area contributed by atoms with Crippen LogP contribution >= 0.6 is 15.9 Å². The highest BCUT2D eigenvalue weighted by molar-refractivity contribution is 9.09. The van der Waals surface area contributed by atoms with E-state index in [0.717, 1.165) is 29.6 Å². The Morgan fingerprint density at radius 2 is 1.60 bits per heavy atom. The van der Waals surface area contributed by atoms with Crippen LogP contribution in [-0.4, -0.2) is 0 Å². The first kappa shape index (κ1) is 11.8. The van der Waals surface area contributed by atoms with Gasteiger partial charge in [0.1, 0.15) is 0 Å². The summed E-state index contributed by atoms with van der Waals surface area (Å²) in [6.45, 7) is 0. The highest BCUT2D eigenvalue weighted by Gasteiger charge is 2.66. The van der Waals surface area contributed by atoms with Crippen molar-refractivity contribution in [3.63, 3.8) is 0 Å². The fourth-order valence-corrected chi connectivity index (χ4v) is 6.59. The van der Waals surface area contributed by atoms with Crippen LogP contribution in [-0.2, 0) is 0 Å². The minimum atomic E-state index is 0.562. The average Bonchev–Trinajstić information content (AvgIpc) is 2.93. The molecule has 0 radical (unpaired) electrons. The summed E-state index contributed by atoms with van der Waals surface area (Å²) in [5.74, 6) is 5.11. The number of hydrogen-bond donors (Lipinski definition) is 0. The number of alkyl halides is 1. The zero-order chi connectivity index (χ0) is 13.3. The van der Waals surface area contributed by atoms with Gasteiger partial charge in [0.05, 0.1) is 0 Å². The van der Waals surface area contributed by atoms with Crippen molar-refractivity contribution in [3.05, 3.63) is 48.0 Å². The van der Waals surface area contributed by atoms with Crippen molar-refractivity contribution in [3.8, 4) is 0 Å². The maximum atomic E-state index is 4.07. The first-order valence-corrected chi connectivity index (χ1v) is 8.88. The van der Waals surface area contributed by atoms with Crippen molar-refractivity contribution in [2.24, 2.45) is 29.6 Å². The van der Waals surface area contributed by atoms with Gasteiger partial charge in [-0.25, -0.2) is 0 Å². The molecule has 3 aliphatic rings. The number of benzene rings is 2. The molecule has 0 aliphatic heterocycles. The molecule has 2 bridgehead atoms. The van der Waals surface area contributed by atoms with Gasteiger partial charge in [-0.05, 0) is 65.2 Å². The van der Waals surface area contributed by atoms with Crippen LogP contribution in [0.1, 0.15) is 29.7 Å². The molecule has 0 aromatic heterocycles. The summed E-state index contributed by atoms with van der Waals surface area (Å²) in [5, 5.41) is 2.82. The number of halogens is 1. The fraction of sp³-hybridized carbons (Fsp3) is 0.474. The van der Waals surface area contributed by atoms with Crippen LogP contribution < -0.4 is 0 Å². The zero-order valence-corrected chi connectivity index (χ0v) is 13.1. The van der Waals surface area contributed by atoms with E-state index in [9.17, 15) is 0 Å². The molecule has 0 saturated heterocycles. The highest BCUT2D eigenvalue weighted by Crippen LogP contribution is 2.73. The van der Waals surface area contributed by atoms with E-state index >= 15 is 0 Å². The lowest BCUT2D eigenvalue weighted by Gasteiger charge is -2.17. The van der Waals surface area contributed by atoms with Crippen molar-refractivity contribution in [2.45, 2.75) is 24.1 Å². The molecule has 0 N–H and O–H groups in total. The standard InChI is InChI=1S/C19H19Br/c20-19(18-16-12-8-9-13(10-12)17(16)18)15-7-3-5-11-4-1-2-6-14(11)15/h1-7,12-13,16-19H,8-10H2. The van der Waals surface area contributed by atoms with Gasteiger partial charge in [0.15, 0.2) is 0 Å². The maximum absolute atomic E-state index is 4.07. The van der Waals surface area contributed by atoms with Gasteiger partial charge in [0.25, 0.3) is 0 Å². The largest absolute Gasteiger partial charge is 0.0835 e. The van der Waals surface area contributed by atoms with E-state index in [1.165, 1.54) is 29.2 Å². The molecule has 5 rings (SSSR count). The predicted molar refractivity (Wildman–Crippen MR) is 86.9 cm³/mol. The molecule has 2 aromatic rings. The highest BCUT2D eigenvalue weighted by atomic mass is 79.9. The Hall–Kier alpha value is -0.820. The van der Waals surface area contributed by atoms with Crippen molar-refractivity contribution in [2.75, 3.05) is 0 Å². The van der Waals surface area contributed by atoms with E-state index in [-0.39, 0.29) is 0 Å². The van der Waals surface area contributed by atoms with Crippen LogP contribution in [0.2, 0.25) is 0 Å². The predicted octanol–water partition coefficient (Wildman–Crippen LogP) is 5.57. The molecule has 3 fully saturated rings. The second-order valence-electron chi connectivity index (χ2n) is 7.04. The van der Waals surface area contributed by atoms with Gasteiger partial charge < -0.3 is 0 Å². The van der Waals surface area contributed by atoms with Crippen LogP contribution in [0.3, 0.4) is 0 Å². The van der Waals surface area contributed by atoms with Crippen molar-refractivity contribution >= 4 is 26.7 Å². The quantitative estimate of drug-likeness (QED) is 0.633. The number of hydrogen-bond acceptors (Lipinski definition) is 0. The van der Waals surface area contributed by atoms with E-state index in [0.29, 0.717) is 4.83 Å². The summed E-state index contributed by atoms with van der Waals surface area (Å²) in [6, 6.07) is 15.6. The summed E-state index contributed by atoms with van der Waals surface area (Å²) >= 11 is 4.07. The third-order valence-corrected chi connectivity index (χ3v) is 7.36. The smallest absolute Gasteiger partial charge is 0.0435 e. The van der Waals surface area contributed by atoms with Crippen molar-refractivity contribution in [1.29, 1.82) is 0 Å². The Kier molecular flexibility index (Phi) is 2.42. The summed E-state index contributed by atoms with van der Waals surface area (Å²) in [6.07, 6.45) is 4.57. The van der Waals surface area contributed by atoms with Crippen molar-refractivity contribution < 1.29 is 0 Å². The summed E-state index contributed by atoms with van der Waals surface area (Å²) in [7, 11) is 0. The Labute approximate surface area is 128 Å². The Balaban J connectivity index is 1.53. The van der Waals surface area contributed by atoms with Crippen molar-refractivity contribution in [1.82, 2.24) is 0 Å². The van der Waals surface area contributed by atoms with Gasteiger partial charge in [0.2, 0.25) is 0 Å². The monoisotopic (exact) mass is 326 g/mol. The van der Waals surface area contributed by atoms with E-state index in [1.54, 1.807) is 6.42 Å². The SMILES string of the molecule is BrC(c1cccc2ccccc12)C1C2C3CCC(C3)C21. The van der Waals surface area contributed by atoms with Crippen LogP contribution in [0, 0.1) is 29.6 Å². The van der Waals surface area contributed by atoms with Crippen LogP contribution in [0.25, 0.3) is 10.8 Å². The zero-order valence-electron chi connectivity index (χ0n) is 11.5. The Morgan fingerprint density at radius 3 is 2.40 bits per heavy atom. The normalized spacial score (nSPS) is 39.0. The molecule has 0 heterocycles. The lowest BCUT2D eigenvalue weighted by molar-refractivity contribution is 0.456. The van der Waals surface area contributed by atoms with Gasteiger partial charge in [-0.15, -0.1) is 0 Å². The second-order valence-corrected chi connectivity index (χ2v) is 8.02. The third-order valence-electron chi connectivity index (χ3n) is 6.25. The van der Waals surface area contributed by atoms with Crippen LogP contribution in [0.4, 0.5) is 0 Å². The Bertz CT molecular complexity index is 655. The molecular weight excluding hydrogens is 308 g/mol. The minimum absolute atomic E-state index is 0.562. The van der Waals surface area contributed by atoms with Gasteiger partial charge in [-0.1, -0.05) is 58.4 Å². The lowest BCUT2D eigenvalue weighted by Crippen LogP contribution is -2.04. The molecule has 5 unspecified atom stereocenters. The number of fused-ring (bicyclic) bond motifs is 6. The maximum Gasteiger partial charge on any atom is 0.0435 e. The van der Waals surface area contributed by atoms with E-state index < -0.39 is 0 Å². The molecule has 1 heteroatoms. The molecule has 20 heavy (non-hydrogen) atoms. The molecule has 0 amide bonds. The molecule has 0 nitrogen and oxygen atoms in total. The topological polar surface area (TPSA) is 0 Å². The summed E-state index contributed by atoms with van der Waals surface area (Å²) < 4.78 is 0. The van der Waals surface area contributed by atoms with Gasteiger partial charge in [0, 0.05) is 4.83 Å². The third kappa shape index (κ3) is 1.48. The van der Waals surface area contributed by atoms with Crippen LogP contribution in [0.5, 0.6) is 0 Å². The molecule has 5 atom stereocenters. The molecule has 0 spiro atoms. The molecular formula is C19H19Br. The minimum Gasteiger partial charge on any atom is -0.0835 e. The lowest BCUT2D eigenvalue weighted by atomic mass is 9.94. The van der Waals surface area contributed by atoms with Gasteiger partial charge >= 0.3 is 0 Å². The molecule has 2 aromatic carbocycles. The first-order chi connectivity index (χ1) is 9.84. The summed E-state index contributed by atoms with van der Waals surface area (Å²) in [5.41, 5.74) is 1.52. The average molecular weight is 327 g/mol. The number of rotatable bonds is 2. The van der Waals surface area contributed by atoms with E-state index in [4.69, 9.17) is 0 Å². The molecule has 102 valence electrons. The second kappa shape index (κ2) is 4.10. The van der Waals surface area contributed by atoms with E-state index in [2.05, 4.69) is 58.4 Å². The summed E-state index contributed by atoms with van der Waals surface area (Å²) in [4.78, 5) is 0.562. The first-order valence-electron chi connectivity index (χ1n) is 7.96. The molecule has 3 aliphatic carbocycles. The van der Waals surface area contributed by atoms with Gasteiger partial charge in [-0.3, -0.25) is 0 Å².